The van der Waals surface area contributed by atoms with Crippen LogP contribution in [-0.4, -0.2) is 28.8 Å². The Kier molecular flexibility index (Phi) is 4.92. The van der Waals surface area contributed by atoms with Gasteiger partial charge < -0.3 is 15.1 Å². The Bertz CT molecular complexity index is 913. The number of nitrogens with zero attached hydrogens (tertiary/aromatic N) is 2. The van der Waals surface area contributed by atoms with Crippen molar-refractivity contribution in [3.8, 4) is 6.07 Å². The van der Waals surface area contributed by atoms with Gasteiger partial charge in [-0.3, -0.25) is 4.79 Å². The van der Waals surface area contributed by atoms with Crippen molar-refractivity contribution >= 4 is 11.6 Å². The fourth-order valence-corrected chi connectivity index (χ4v) is 4.86. The SMILES string of the molecule is N#Cc1ccc2c(c1)C1(CCCCC1)C(=O)N2[C@@H](c1ccccc1)[C@H](O)CO. The summed E-state index contributed by atoms with van der Waals surface area (Å²) in [5, 5.41) is 29.8. The number of aliphatic hydroxyl groups excluding tert-OH is 2. The van der Waals surface area contributed by atoms with Crippen LogP contribution in [0.5, 0.6) is 0 Å². The number of carbonyl (C=O) groups is 1. The number of amides is 1. The minimum atomic E-state index is -1.10. The van der Waals surface area contributed by atoms with E-state index in [0.717, 1.165) is 48.9 Å². The molecule has 5 nitrogen and oxygen atoms in total. The Morgan fingerprint density at radius 3 is 2.46 bits per heavy atom. The average Bonchev–Trinajstić information content (AvgIpc) is 2.97. The number of rotatable bonds is 4. The van der Waals surface area contributed by atoms with E-state index in [1.165, 1.54) is 0 Å². The monoisotopic (exact) mass is 376 g/mol. The van der Waals surface area contributed by atoms with Crippen molar-refractivity contribution < 1.29 is 15.0 Å². The van der Waals surface area contributed by atoms with Gasteiger partial charge in [-0.15, -0.1) is 0 Å². The Hall–Kier alpha value is -2.68. The van der Waals surface area contributed by atoms with Crippen LogP contribution in [0, 0.1) is 11.3 Å². The first-order valence-electron chi connectivity index (χ1n) is 9.84. The smallest absolute Gasteiger partial charge is 0.238 e. The van der Waals surface area contributed by atoms with Gasteiger partial charge in [0.15, 0.2) is 0 Å². The lowest BCUT2D eigenvalue weighted by Crippen LogP contribution is -2.46. The Labute approximate surface area is 164 Å². The third-order valence-corrected chi connectivity index (χ3v) is 6.21. The maximum Gasteiger partial charge on any atom is 0.238 e. The quantitative estimate of drug-likeness (QED) is 0.858. The molecular weight excluding hydrogens is 352 g/mol. The van der Waals surface area contributed by atoms with Crippen LogP contribution in [0.3, 0.4) is 0 Å². The van der Waals surface area contributed by atoms with E-state index in [4.69, 9.17) is 0 Å². The lowest BCUT2D eigenvalue weighted by Gasteiger charge is -2.36. The van der Waals surface area contributed by atoms with Crippen LogP contribution in [-0.2, 0) is 10.2 Å². The Balaban J connectivity index is 1.90. The first-order valence-corrected chi connectivity index (χ1v) is 9.84. The lowest BCUT2D eigenvalue weighted by molar-refractivity contribution is -0.125. The summed E-state index contributed by atoms with van der Waals surface area (Å²) < 4.78 is 0. The zero-order chi connectivity index (χ0) is 19.7. The predicted octanol–water partition coefficient (Wildman–Crippen LogP) is 3.20. The molecule has 5 heteroatoms. The summed E-state index contributed by atoms with van der Waals surface area (Å²) in [4.78, 5) is 15.5. The first kappa shape index (κ1) is 18.7. The van der Waals surface area contributed by atoms with Gasteiger partial charge in [-0.25, -0.2) is 0 Å². The predicted molar refractivity (Wildman–Crippen MR) is 106 cm³/mol. The highest BCUT2D eigenvalue weighted by Crippen LogP contribution is 2.53. The minimum absolute atomic E-state index is 0.0290. The van der Waals surface area contributed by atoms with Crippen molar-refractivity contribution in [2.75, 3.05) is 11.5 Å². The molecule has 2 atom stereocenters. The molecule has 1 saturated carbocycles. The Morgan fingerprint density at radius 2 is 1.82 bits per heavy atom. The molecule has 1 fully saturated rings. The summed E-state index contributed by atoms with van der Waals surface area (Å²) >= 11 is 0. The number of anilines is 1. The maximum atomic E-state index is 13.8. The zero-order valence-electron chi connectivity index (χ0n) is 15.7. The molecule has 2 aliphatic rings. The third-order valence-electron chi connectivity index (χ3n) is 6.21. The molecule has 0 bridgehead atoms. The van der Waals surface area contributed by atoms with Crippen LogP contribution in [0.1, 0.15) is 54.8 Å². The highest BCUT2D eigenvalue weighted by molar-refractivity contribution is 6.09. The van der Waals surface area contributed by atoms with Gasteiger partial charge in [0.05, 0.1) is 29.7 Å². The summed E-state index contributed by atoms with van der Waals surface area (Å²) in [6.45, 7) is -0.443. The summed E-state index contributed by atoms with van der Waals surface area (Å²) in [6.07, 6.45) is 3.43. The van der Waals surface area contributed by atoms with E-state index in [-0.39, 0.29) is 5.91 Å². The molecule has 2 aromatic rings. The summed E-state index contributed by atoms with van der Waals surface area (Å²) in [6, 6.07) is 16.2. The average molecular weight is 376 g/mol. The molecule has 1 aliphatic carbocycles. The normalized spacial score (nSPS) is 19.9. The molecule has 2 aromatic carbocycles. The number of carbonyl (C=O) groups excluding carboxylic acids is 1. The van der Waals surface area contributed by atoms with Crippen molar-refractivity contribution in [2.45, 2.75) is 49.7 Å². The molecule has 144 valence electrons. The van der Waals surface area contributed by atoms with Crippen LogP contribution < -0.4 is 4.90 Å². The minimum Gasteiger partial charge on any atom is -0.394 e. The van der Waals surface area contributed by atoms with Crippen LogP contribution in [0.25, 0.3) is 0 Å². The fourth-order valence-electron chi connectivity index (χ4n) is 4.86. The topological polar surface area (TPSA) is 84.6 Å². The molecule has 0 aromatic heterocycles. The van der Waals surface area contributed by atoms with Crippen LogP contribution in [0.4, 0.5) is 5.69 Å². The number of hydrogen-bond acceptors (Lipinski definition) is 4. The van der Waals surface area contributed by atoms with Gasteiger partial charge in [0.2, 0.25) is 5.91 Å². The molecule has 1 spiro atoms. The second-order valence-corrected chi connectivity index (χ2v) is 7.77. The van der Waals surface area contributed by atoms with Gasteiger partial charge in [0.1, 0.15) is 6.10 Å². The van der Waals surface area contributed by atoms with Crippen molar-refractivity contribution in [1.29, 1.82) is 5.26 Å². The number of hydrogen-bond donors (Lipinski definition) is 2. The van der Waals surface area contributed by atoms with Gasteiger partial charge in [-0.05, 0) is 42.2 Å². The highest BCUT2D eigenvalue weighted by Gasteiger charge is 2.53. The second-order valence-electron chi connectivity index (χ2n) is 7.77. The van der Waals surface area contributed by atoms with Gasteiger partial charge >= 0.3 is 0 Å². The second kappa shape index (κ2) is 7.38. The molecule has 1 heterocycles. The molecule has 0 unspecified atom stereocenters. The van der Waals surface area contributed by atoms with E-state index < -0.39 is 24.2 Å². The zero-order valence-corrected chi connectivity index (χ0v) is 15.7. The third kappa shape index (κ3) is 2.81. The van der Waals surface area contributed by atoms with Crippen molar-refractivity contribution in [3.05, 3.63) is 65.2 Å². The molecule has 0 radical (unpaired) electrons. The van der Waals surface area contributed by atoms with Gasteiger partial charge in [0, 0.05) is 5.69 Å². The van der Waals surface area contributed by atoms with Crippen molar-refractivity contribution in [2.24, 2.45) is 0 Å². The molecular formula is C23H24N2O3. The van der Waals surface area contributed by atoms with Crippen molar-refractivity contribution in [1.82, 2.24) is 0 Å². The molecule has 0 saturated heterocycles. The van der Waals surface area contributed by atoms with Crippen LogP contribution in [0.2, 0.25) is 0 Å². The molecule has 2 N–H and O–H groups in total. The van der Waals surface area contributed by atoms with Crippen LogP contribution in [0.15, 0.2) is 48.5 Å². The standard InChI is InChI=1S/C23H24N2O3/c24-14-16-9-10-19-18(13-16)23(11-5-2-6-12-23)22(28)25(19)21(20(27)15-26)17-7-3-1-4-8-17/h1,3-4,7-10,13,20-21,26-27H,2,5-6,11-12,15H2/t20-,21+/m1/s1. The van der Waals surface area contributed by atoms with Crippen molar-refractivity contribution in [3.63, 3.8) is 0 Å². The van der Waals surface area contributed by atoms with E-state index in [1.54, 1.807) is 11.0 Å². The van der Waals surface area contributed by atoms with E-state index in [9.17, 15) is 20.3 Å². The van der Waals surface area contributed by atoms with Gasteiger partial charge in [-0.2, -0.15) is 5.26 Å². The number of aliphatic hydroxyl groups is 2. The van der Waals surface area contributed by atoms with E-state index in [2.05, 4.69) is 6.07 Å². The summed E-state index contributed by atoms with van der Waals surface area (Å²) in [7, 11) is 0. The largest absolute Gasteiger partial charge is 0.394 e. The number of fused-ring (bicyclic) bond motifs is 2. The molecule has 28 heavy (non-hydrogen) atoms. The number of nitriles is 1. The van der Waals surface area contributed by atoms with Gasteiger partial charge in [0.25, 0.3) is 0 Å². The summed E-state index contributed by atoms with van der Waals surface area (Å²) in [5.41, 5.74) is 2.32. The van der Waals surface area contributed by atoms with E-state index in [1.807, 2.05) is 42.5 Å². The Morgan fingerprint density at radius 1 is 1.11 bits per heavy atom. The van der Waals surface area contributed by atoms with E-state index >= 15 is 0 Å². The van der Waals surface area contributed by atoms with E-state index in [0.29, 0.717) is 5.56 Å². The maximum absolute atomic E-state index is 13.8. The fraction of sp³-hybridized carbons (Fsp3) is 0.391. The van der Waals surface area contributed by atoms with Crippen LogP contribution >= 0.6 is 0 Å². The summed E-state index contributed by atoms with van der Waals surface area (Å²) in [5.74, 6) is -0.0290. The van der Waals surface area contributed by atoms with Gasteiger partial charge in [-0.1, -0.05) is 49.6 Å². The number of benzene rings is 2. The highest BCUT2D eigenvalue weighted by atomic mass is 16.3. The lowest BCUT2D eigenvalue weighted by atomic mass is 9.70. The molecule has 1 amide bonds. The molecule has 4 rings (SSSR count). The molecule has 1 aliphatic heterocycles. The first-order chi connectivity index (χ1) is 13.6.